The Morgan fingerprint density at radius 3 is 2.48 bits per heavy atom. The number of pyridine rings is 1. The van der Waals surface area contributed by atoms with Crippen molar-refractivity contribution >= 4 is 17.8 Å². The van der Waals surface area contributed by atoms with E-state index in [1.54, 1.807) is 24.4 Å². The van der Waals surface area contributed by atoms with Gasteiger partial charge in [-0.25, -0.2) is 14.2 Å². The number of nitrogens with one attached hydrogen (secondary N) is 3. The van der Waals surface area contributed by atoms with Gasteiger partial charge < -0.3 is 16.0 Å². The van der Waals surface area contributed by atoms with Crippen LogP contribution in [0.4, 0.5) is 15.0 Å². The number of aromatic nitrogens is 1. The molecular formula is C16H17FN4O2. The molecule has 0 radical (unpaired) electrons. The largest absolute Gasteiger partial charge is 0.334 e. The lowest BCUT2D eigenvalue weighted by Gasteiger charge is -2.08. The van der Waals surface area contributed by atoms with Gasteiger partial charge in [-0.2, -0.15) is 0 Å². The highest BCUT2D eigenvalue weighted by Gasteiger charge is 2.06. The van der Waals surface area contributed by atoms with Crippen LogP contribution in [-0.4, -0.2) is 23.5 Å². The zero-order valence-corrected chi connectivity index (χ0v) is 12.6. The Morgan fingerprint density at radius 1 is 1.09 bits per heavy atom. The van der Waals surface area contributed by atoms with Crippen LogP contribution in [0.15, 0.2) is 42.6 Å². The topological polar surface area (TPSA) is 83.1 Å². The number of anilines is 1. The molecule has 0 unspecified atom stereocenters. The Kier molecular flexibility index (Phi) is 5.62. The van der Waals surface area contributed by atoms with E-state index in [0.717, 1.165) is 11.1 Å². The van der Waals surface area contributed by atoms with Crippen LogP contribution in [0.5, 0.6) is 0 Å². The summed E-state index contributed by atoms with van der Waals surface area (Å²) in [4.78, 5) is 27.3. The lowest BCUT2D eigenvalue weighted by molar-refractivity contribution is -0.115. The molecule has 0 spiro atoms. The Morgan fingerprint density at radius 2 is 1.83 bits per heavy atom. The smallest absolute Gasteiger partial charge is 0.315 e. The van der Waals surface area contributed by atoms with Gasteiger partial charge in [-0.1, -0.05) is 18.2 Å². The molecule has 1 aromatic carbocycles. The van der Waals surface area contributed by atoms with Crippen LogP contribution < -0.4 is 16.0 Å². The number of urea groups is 1. The number of carbonyl (C=O) groups excluding carboxylic acids is 2. The third kappa shape index (κ3) is 5.74. The molecule has 0 saturated carbocycles. The molecular weight excluding hydrogens is 299 g/mol. The summed E-state index contributed by atoms with van der Waals surface area (Å²) in [6.07, 6.45) is 1.64. The number of nitrogens with zero attached hydrogens (tertiary/aromatic N) is 1. The fraction of sp³-hybridized carbons (Fsp3) is 0.188. The van der Waals surface area contributed by atoms with E-state index in [1.165, 1.54) is 12.1 Å². The van der Waals surface area contributed by atoms with Crippen LogP contribution in [0.3, 0.4) is 0 Å². The Balaban J connectivity index is 1.70. The van der Waals surface area contributed by atoms with Crippen LogP contribution >= 0.6 is 0 Å². The summed E-state index contributed by atoms with van der Waals surface area (Å²) in [5.74, 6) is -0.285. The molecule has 7 heteroatoms. The molecule has 1 aromatic heterocycles. The minimum absolute atomic E-state index is 0.176. The monoisotopic (exact) mass is 316 g/mol. The lowest BCUT2D eigenvalue weighted by atomic mass is 10.2. The normalized spacial score (nSPS) is 10.0. The number of halogens is 1. The third-order valence-corrected chi connectivity index (χ3v) is 2.95. The van der Waals surface area contributed by atoms with Crippen LogP contribution in [0.25, 0.3) is 0 Å². The number of hydrogen-bond donors (Lipinski definition) is 3. The SMILES string of the molecule is Cc1ccc(NC(=O)CNC(=O)NCc2ccc(F)cc2)nc1. The van der Waals surface area contributed by atoms with Gasteiger partial charge >= 0.3 is 6.03 Å². The van der Waals surface area contributed by atoms with Gasteiger partial charge in [0.05, 0.1) is 6.54 Å². The van der Waals surface area contributed by atoms with E-state index in [0.29, 0.717) is 5.82 Å². The van der Waals surface area contributed by atoms with E-state index in [2.05, 4.69) is 20.9 Å². The molecule has 0 aliphatic rings. The number of rotatable bonds is 5. The first-order valence-corrected chi connectivity index (χ1v) is 7.01. The van der Waals surface area contributed by atoms with Crippen molar-refractivity contribution in [2.75, 3.05) is 11.9 Å². The van der Waals surface area contributed by atoms with Crippen molar-refractivity contribution in [2.24, 2.45) is 0 Å². The predicted molar refractivity (Wildman–Crippen MR) is 84.2 cm³/mol. The van der Waals surface area contributed by atoms with Crippen molar-refractivity contribution < 1.29 is 14.0 Å². The molecule has 0 aliphatic carbocycles. The van der Waals surface area contributed by atoms with Crippen molar-refractivity contribution in [1.82, 2.24) is 15.6 Å². The predicted octanol–water partition coefficient (Wildman–Crippen LogP) is 1.97. The summed E-state index contributed by atoms with van der Waals surface area (Å²) >= 11 is 0. The van der Waals surface area contributed by atoms with Crippen LogP contribution in [0.2, 0.25) is 0 Å². The van der Waals surface area contributed by atoms with Crippen LogP contribution in [-0.2, 0) is 11.3 Å². The second-order valence-corrected chi connectivity index (χ2v) is 4.93. The Hall–Kier alpha value is -2.96. The quantitative estimate of drug-likeness (QED) is 0.788. The van der Waals surface area contributed by atoms with E-state index in [9.17, 15) is 14.0 Å². The van der Waals surface area contributed by atoms with Crippen molar-refractivity contribution in [1.29, 1.82) is 0 Å². The molecule has 3 amide bonds. The molecule has 120 valence electrons. The second kappa shape index (κ2) is 7.88. The molecule has 0 atom stereocenters. The van der Waals surface area contributed by atoms with E-state index in [-0.39, 0.29) is 24.8 Å². The molecule has 0 saturated heterocycles. The summed E-state index contributed by atoms with van der Waals surface area (Å²) in [6, 6.07) is 8.80. The van der Waals surface area contributed by atoms with Crippen LogP contribution in [0, 0.1) is 12.7 Å². The van der Waals surface area contributed by atoms with Gasteiger partial charge in [0.25, 0.3) is 0 Å². The Bertz CT molecular complexity index is 671. The summed E-state index contributed by atoms with van der Waals surface area (Å²) < 4.78 is 12.7. The summed E-state index contributed by atoms with van der Waals surface area (Å²) in [7, 11) is 0. The minimum atomic E-state index is -0.485. The molecule has 6 nitrogen and oxygen atoms in total. The van der Waals surface area contributed by atoms with E-state index >= 15 is 0 Å². The van der Waals surface area contributed by atoms with Crippen molar-refractivity contribution in [3.05, 3.63) is 59.5 Å². The molecule has 2 rings (SSSR count). The molecule has 23 heavy (non-hydrogen) atoms. The maximum Gasteiger partial charge on any atom is 0.315 e. The highest BCUT2D eigenvalue weighted by atomic mass is 19.1. The molecule has 0 aliphatic heterocycles. The maximum atomic E-state index is 12.7. The zero-order chi connectivity index (χ0) is 16.7. The first kappa shape index (κ1) is 16.4. The lowest BCUT2D eigenvalue weighted by Crippen LogP contribution is -2.39. The van der Waals surface area contributed by atoms with E-state index in [1.807, 2.05) is 13.0 Å². The molecule has 0 fully saturated rings. The molecule has 0 bridgehead atoms. The average molecular weight is 316 g/mol. The highest BCUT2D eigenvalue weighted by Crippen LogP contribution is 2.03. The third-order valence-electron chi connectivity index (χ3n) is 2.95. The summed E-state index contributed by atoms with van der Waals surface area (Å²) in [6.45, 7) is 1.96. The fourth-order valence-electron chi connectivity index (χ4n) is 1.74. The second-order valence-electron chi connectivity index (χ2n) is 4.93. The van der Waals surface area contributed by atoms with Crippen molar-refractivity contribution in [3.8, 4) is 0 Å². The minimum Gasteiger partial charge on any atom is -0.334 e. The summed E-state index contributed by atoms with van der Waals surface area (Å²) in [5.41, 5.74) is 1.75. The number of hydrogen-bond acceptors (Lipinski definition) is 3. The van der Waals surface area contributed by atoms with Gasteiger partial charge in [0, 0.05) is 12.7 Å². The van der Waals surface area contributed by atoms with E-state index in [4.69, 9.17) is 0 Å². The van der Waals surface area contributed by atoms with Gasteiger partial charge in [-0.05, 0) is 36.2 Å². The van der Waals surface area contributed by atoms with Gasteiger partial charge in [-0.3, -0.25) is 4.79 Å². The van der Waals surface area contributed by atoms with Gasteiger partial charge in [0.15, 0.2) is 0 Å². The standard InChI is InChI=1S/C16H17FN4O2/c1-11-2-7-14(18-8-11)21-15(22)10-20-16(23)19-9-12-3-5-13(17)6-4-12/h2-8H,9-10H2,1H3,(H,18,21,22)(H2,19,20,23). The number of carbonyl (C=O) groups is 2. The first-order valence-electron chi connectivity index (χ1n) is 7.01. The fourth-order valence-corrected chi connectivity index (χ4v) is 1.74. The van der Waals surface area contributed by atoms with Crippen LogP contribution in [0.1, 0.15) is 11.1 Å². The Labute approximate surface area is 133 Å². The van der Waals surface area contributed by atoms with Crippen molar-refractivity contribution in [2.45, 2.75) is 13.5 Å². The van der Waals surface area contributed by atoms with Gasteiger partial charge in [0.1, 0.15) is 11.6 Å². The maximum absolute atomic E-state index is 12.7. The highest BCUT2D eigenvalue weighted by molar-refractivity contribution is 5.93. The molecule has 2 aromatic rings. The zero-order valence-electron chi connectivity index (χ0n) is 12.6. The average Bonchev–Trinajstić information content (AvgIpc) is 2.54. The number of benzene rings is 1. The molecule has 1 heterocycles. The van der Waals surface area contributed by atoms with E-state index < -0.39 is 6.03 Å². The van der Waals surface area contributed by atoms with Gasteiger partial charge in [0.2, 0.25) is 5.91 Å². The molecule has 3 N–H and O–H groups in total. The summed E-state index contributed by atoms with van der Waals surface area (Å²) in [5, 5.41) is 7.58. The van der Waals surface area contributed by atoms with Gasteiger partial charge in [-0.15, -0.1) is 0 Å². The number of amides is 3. The van der Waals surface area contributed by atoms with Crippen molar-refractivity contribution in [3.63, 3.8) is 0 Å². The number of aryl methyl sites for hydroxylation is 1. The first-order chi connectivity index (χ1) is 11.0.